The minimum Gasteiger partial charge on any atom is -0.339 e. The summed E-state index contributed by atoms with van der Waals surface area (Å²) in [5, 5.41) is 0. The van der Waals surface area contributed by atoms with E-state index in [0.717, 1.165) is 24.9 Å². The molecule has 1 aromatic carbocycles. The number of likely N-dealkylation sites (tertiary alicyclic amines) is 2. The average Bonchev–Trinajstić information content (AvgIpc) is 2.88. The molecule has 1 aromatic rings. The molecule has 1 unspecified atom stereocenters. The molecule has 1 spiro atoms. The second-order valence-corrected chi connectivity index (χ2v) is 8.89. The molecule has 4 nitrogen and oxygen atoms in total. The van der Waals surface area contributed by atoms with Gasteiger partial charge in [-0.25, -0.2) is 4.39 Å². The monoisotopic (exact) mass is 386 g/mol. The van der Waals surface area contributed by atoms with Gasteiger partial charge in [0.15, 0.2) is 0 Å². The second kappa shape index (κ2) is 8.06. The molecule has 2 amide bonds. The molecule has 152 valence electrons. The summed E-state index contributed by atoms with van der Waals surface area (Å²) < 4.78 is 13.3. The highest BCUT2D eigenvalue weighted by Gasteiger charge is 2.52. The molecular formula is C23H31FN2O2. The smallest absolute Gasteiger partial charge is 0.248 e. The van der Waals surface area contributed by atoms with Crippen LogP contribution in [0.2, 0.25) is 0 Å². The molecule has 0 saturated carbocycles. The van der Waals surface area contributed by atoms with Crippen molar-refractivity contribution in [1.82, 2.24) is 9.80 Å². The second-order valence-electron chi connectivity index (χ2n) is 8.89. The van der Waals surface area contributed by atoms with Gasteiger partial charge in [0.25, 0.3) is 0 Å². The van der Waals surface area contributed by atoms with Crippen LogP contribution in [0.3, 0.4) is 0 Å². The van der Waals surface area contributed by atoms with Gasteiger partial charge in [0.2, 0.25) is 11.8 Å². The van der Waals surface area contributed by atoms with Gasteiger partial charge in [-0.3, -0.25) is 9.59 Å². The number of rotatable bonds is 5. The molecule has 0 radical (unpaired) electrons. The van der Waals surface area contributed by atoms with E-state index in [1.165, 1.54) is 12.1 Å². The fraction of sp³-hybridized carbons (Fsp3) is 0.565. The minimum absolute atomic E-state index is 0.0119. The van der Waals surface area contributed by atoms with Crippen LogP contribution in [0, 0.1) is 17.2 Å². The van der Waals surface area contributed by atoms with Gasteiger partial charge < -0.3 is 9.80 Å². The van der Waals surface area contributed by atoms with Crippen molar-refractivity contribution in [1.29, 1.82) is 0 Å². The first-order chi connectivity index (χ1) is 13.2. The lowest BCUT2D eigenvalue weighted by Crippen LogP contribution is -2.47. The zero-order valence-corrected chi connectivity index (χ0v) is 17.2. The number of nitrogens with zero attached hydrogens (tertiary/aromatic N) is 2. The van der Waals surface area contributed by atoms with Crippen LogP contribution < -0.4 is 0 Å². The number of hydrogen-bond acceptors (Lipinski definition) is 2. The molecule has 28 heavy (non-hydrogen) atoms. The Balaban J connectivity index is 1.76. The van der Waals surface area contributed by atoms with Gasteiger partial charge in [0.1, 0.15) is 5.82 Å². The summed E-state index contributed by atoms with van der Waals surface area (Å²) in [6.45, 7) is 11.7. The first kappa shape index (κ1) is 20.6. The fourth-order valence-electron chi connectivity index (χ4n) is 4.65. The van der Waals surface area contributed by atoms with Crippen LogP contribution in [-0.4, -0.2) is 47.3 Å². The zero-order chi connectivity index (χ0) is 20.5. The third-order valence-corrected chi connectivity index (χ3v) is 6.10. The lowest BCUT2D eigenvalue weighted by atomic mass is 9.75. The molecule has 0 aromatic heterocycles. The molecular weight excluding hydrogens is 355 g/mol. The predicted molar refractivity (Wildman–Crippen MR) is 108 cm³/mol. The number of halogens is 1. The maximum atomic E-state index is 13.4. The van der Waals surface area contributed by atoms with E-state index in [2.05, 4.69) is 20.4 Å². The molecule has 5 heteroatoms. The molecule has 2 saturated heterocycles. The molecule has 2 aliphatic rings. The van der Waals surface area contributed by atoms with Gasteiger partial charge in [-0.1, -0.05) is 32.6 Å². The topological polar surface area (TPSA) is 40.6 Å². The van der Waals surface area contributed by atoms with Crippen molar-refractivity contribution in [3.05, 3.63) is 47.8 Å². The lowest BCUT2D eigenvalue weighted by Gasteiger charge is -2.38. The molecule has 3 rings (SSSR count). The fourth-order valence-corrected chi connectivity index (χ4v) is 4.65. The Labute approximate surface area is 167 Å². The summed E-state index contributed by atoms with van der Waals surface area (Å²) in [5.41, 5.74) is 1.23. The SMILES string of the molecule is C=C(C)C(=O)N1CCC2(CC1)CC(Cc1ccc(F)cc1)N(CC(C)C)C2=O. The predicted octanol–water partition coefficient (Wildman–Crippen LogP) is 3.81. The van der Waals surface area contributed by atoms with Crippen molar-refractivity contribution in [2.24, 2.45) is 11.3 Å². The lowest BCUT2D eigenvalue weighted by molar-refractivity contribution is -0.142. The van der Waals surface area contributed by atoms with Gasteiger partial charge in [-0.2, -0.15) is 0 Å². The van der Waals surface area contributed by atoms with E-state index in [0.29, 0.717) is 37.4 Å². The van der Waals surface area contributed by atoms with Gasteiger partial charge in [-0.05, 0) is 56.2 Å². The van der Waals surface area contributed by atoms with E-state index in [9.17, 15) is 14.0 Å². The summed E-state index contributed by atoms with van der Waals surface area (Å²) in [7, 11) is 0. The van der Waals surface area contributed by atoms with E-state index in [1.54, 1.807) is 6.92 Å². The molecule has 0 aliphatic carbocycles. The summed E-state index contributed by atoms with van der Waals surface area (Å²) >= 11 is 0. The summed E-state index contributed by atoms with van der Waals surface area (Å²) in [6, 6.07) is 6.72. The maximum Gasteiger partial charge on any atom is 0.248 e. The number of amides is 2. The molecule has 0 bridgehead atoms. The van der Waals surface area contributed by atoms with E-state index >= 15 is 0 Å². The zero-order valence-electron chi connectivity index (χ0n) is 17.2. The van der Waals surface area contributed by atoms with Crippen LogP contribution >= 0.6 is 0 Å². The molecule has 1 atom stereocenters. The van der Waals surface area contributed by atoms with Crippen LogP contribution in [0.15, 0.2) is 36.4 Å². The van der Waals surface area contributed by atoms with Crippen LogP contribution in [0.5, 0.6) is 0 Å². The molecule has 2 aliphatic heterocycles. The van der Waals surface area contributed by atoms with Gasteiger partial charge in [0, 0.05) is 31.2 Å². The number of carbonyl (C=O) groups is 2. The molecule has 2 heterocycles. The van der Waals surface area contributed by atoms with Crippen LogP contribution in [-0.2, 0) is 16.0 Å². The Bertz CT molecular complexity index is 748. The quantitative estimate of drug-likeness (QED) is 0.722. The van der Waals surface area contributed by atoms with Crippen molar-refractivity contribution in [3.63, 3.8) is 0 Å². The normalized spacial score (nSPS) is 21.6. The van der Waals surface area contributed by atoms with Crippen molar-refractivity contribution in [3.8, 4) is 0 Å². The number of benzene rings is 1. The first-order valence-corrected chi connectivity index (χ1v) is 10.2. The van der Waals surface area contributed by atoms with E-state index < -0.39 is 0 Å². The van der Waals surface area contributed by atoms with E-state index in [1.807, 2.05) is 21.9 Å². The molecule has 0 N–H and O–H groups in total. The van der Waals surface area contributed by atoms with E-state index in [-0.39, 0.29) is 29.1 Å². The number of piperidine rings is 1. The Hall–Kier alpha value is -2.17. The van der Waals surface area contributed by atoms with Crippen LogP contribution in [0.1, 0.15) is 45.6 Å². The van der Waals surface area contributed by atoms with Crippen molar-refractivity contribution in [2.45, 2.75) is 52.5 Å². The Morgan fingerprint density at radius 3 is 2.39 bits per heavy atom. The van der Waals surface area contributed by atoms with Crippen LogP contribution in [0.25, 0.3) is 0 Å². The highest BCUT2D eigenvalue weighted by molar-refractivity contribution is 5.92. The largest absolute Gasteiger partial charge is 0.339 e. The summed E-state index contributed by atoms with van der Waals surface area (Å²) in [6.07, 6.45) is 2.97. The van der Waals surface area contributed by atoms with Gasteiger partial charge in [0.05, 0.1) is 5.41 Å². The van der Waals surface area contributed by atoms with Crippen molar-refractivity contribution in [2.75, 3.05) is 19.6 Å². The number of carbonyl (C=O) groups excluding carboxylic acids is 2. The van der Waals surface area contributed by atoms with E-state index in [4.69, 9.17) is 0 Å². The van der Waals surface area contributed by atoms with Gasteiger partial charge >= 0.3 is 0 Å². The van der Waals surface area contributed by atoms with Crippen molar-refractivity contribution >= 4 is 11.8 Å². The maximum absolute atomic E-state index is 13.4. The minimum atomic E-state index is -0.370. The van der Waals surface area contributed by atoms with Gasteiger partial charge in [-0.15, -0.1) is 0 Å². The summed E-state index contributed by atoms with van der Waals surface area (Å²) in [5.74, 6) is 0.370. The third kappa shape index (κ3) is 4.13. The molecule has 2 fully saturated rings. The Morgan fingerprint density at radius 2 is 1.86 bits per heavy atom. The third-order valence-electron chi connectivity index (χ3n) is 6.10. The average molecular weight is 387 g/mol. The Morgan fingerprint density at radius 1 is 1.25 bits per heavy atom. The number of hydrogen-bond donors (Lipinski definition) is 0. The highest BCUT2D eigenvalue weighted by atomic mass is 19.1. The van der Waals surface area contributed by atoms with Crippen molar-refractivity contribution < 1.29 is 14.0 Å². The standard InChI is InChI=1S/C23H31FN2O2/c1-16(2)15-26-20(13-18-5-7-19(24)8-6-18)14-23(22(26)28)9-11-25(12-10-23)21(27)17(3)4/h5-8,16,20H,3,9-15H2,1-2,4H3. The summed E-state index contributed by atoms with van der Waals surface area (Å²) in [4.78, 5) is 29.5. The van der Waals surface area contributed by atoms with Crippen LogP contribution in [0.4, 0.5) is 4.39 Å². The Kier molecular flexibility index (Phi) is 5.92. The highest BCUT2D eigenvalue weighted by Crippen LogP contribution is 2.45. The first-order valence-electron chi connectivity index (χ1n) is 10.2.